The molecule has 0 fully saturated rings. The van der Waals surface area contributed by atoms with Crippen LogP contribution in [0, 0.1) is 0 Å². The number of nitrogens with zero attached hydrogens (tertiary/aromatic N) is 1. The summed E-state index contributed by atoms with van der Waals surface area (Å²) in [5.74, 6) is 0.175. The van der Waals surface area contributed by atoms with E-state index in [0.717, 1.165) is 5.56 Å². The molecule has 0 bridgehead atoms. The number of amides is 1. The molecule has 8 heteroatoms. The molecule has 2 N–H and O–H groups in total. The summed E-state index contributed by atoms with van der Waals surface area (Å²) in [5, 5.41) is 2.75. The average Bonchev–Trinajstić information content (AvgIpc) is 2.73. The van der Waals surface area contributed by atoms with Crippen molar-refractivity contribution in [1.82, 2.24) is 9.71 Å². The molecule has 0 aliphatic carbocycles. The zero-order chi connectivity index (χ0) is 20.0. The number of carbonyl (C=O) groups excluding carboxylic acids is 1. The molecule has 0 saturated heterocycles. The molecule has 1 aromatic heterocycles. The SMILES string of the molecule is COc1ccccc1NC(=O)c1ccc(S(=O)(=O)NCc2ccncc2)cc1. The van der Waals surface area contributed by atoms with E-state index in [2.05, 4.69) is 15.0 Å². The van der Waals surface area contributed by atoms with E-state index in [1.807, 2.05) is 0 Å². The zero-order valence-electron chi connectivity index (χ0n) is 15.1. The molecule has 1 amide bonds. The lowest BCUT2D eigenvalue weighted by molar-refractivity contribution is 0.102. The lowest BCUT2D eigenvalue weighted by Crippen LogP contribution is -2.23. The maximum atomic E-state index is 12.4. The molecule has 144 valence electrons. The number of benzene rings is 2. The minimum Gasteiger partial charge on any atom is -0.495 e. The van der Waals surface area contributed by atoms with Crippen LogP contribution >= 0.6 is 0 Å². The number of hydrogen-bond donors (Lipinski definition) is 2. The largest absolute Gasteiger partial charge is 0.495 e. The molecule has 3 rings (SSSR count). The van der Waals surface area contributed by atoms with Crippen LogP contribution in [0.3, 0.4) is 0 Å². The van der Waals surface area contributed by atoms with E-state index in [1.54, 1.807) is 48.8 Å². The molecule has 0 aliphatic rings. The Morgan fingerprint density at radius 3 is 2.36 bits per heavy atom. The highest BCUT2D eigenvalue weighted by molar-refractivity contribution is 7.89. The first-order valence-corrected chi connectivity index (χ1v) is 9.91. The highest BCUT2D eigenvalue weighted by Crippen LogP contribution is 2.23. The van der Waals surface area contributed by atoms with E-state index in [9.17, 15) is 13.2 Å². The Morgan fingerprint density at radius 2 is 1.68 bits per heavy atom. The summed E-state index contributed by atoms with van der Waals surface area (Å²) in [4.78, 5) is 16.4. The quantitative estimate of drug-likeness (QED) is 0.639. The fourth-order valence-electron chi connectivity index (χ4n) is 2.49. The first-order chi connectivity index (χ1) is 13.5. The number of rotatable bonds is 7. The molecule has 28 heavy (non-hydrogen) atoms. The van der Waals surface area contributed by atoms with Gasteiger partial charge in [-0.25, -0.2) is 13.1 Å². The highest BCUT2D eigenvalue weighted by atomic mass is 32.2. The van der Waals surface area contributed by atoms with Crippen molar-refractivity contribution in [2.45, 2.75) is 11.4 Å². The Balaban J connectivity index is 1.69. The Bertz CT molecular complexity index is 1050. The van der Waals surface area contributed by atoms with Gasteiger partial charge in [-0.3, -0.25) is 9.78 Å². The zero-order valence-corrected chi connectivity index (χ0v) is 15.9. The second-order valence-electron chi connectivity index (χ2n) is 5.86. The Kier molecular flexibility index (Phi) is 6.03. The number of ether oxygens (including phenoxy) is 1. The molecular formula is C20H19N3O4S. The predicted octanol–water partition coefficient (Wildman–Crippen LogP) is 2.82. The second kappa shape index (κ2) is 8.64. The summed E-state index contributed by atoms with van der Waals surface area (Å²) in [7, 11) is -2.18. The van der Waals surface area contributed by atoms with Crippen molar-refractivity contribution in [2.24, 2.45) is 0 Å². The molecule has 0 spiro atoms. The van der Waals surface area contributed by atoms with Crippen molar-refractivity contribution >= 4 is 21.6 Å². The minimum atomic E-state index is -3.69. The van der Waals surface area contributed by atoms with Gasteiger partial charge in [0.25, 0.3) is 5.91 Å². The number of hydrogen-bond acceptors (Lipinski definition) is 5. The third-order valence-corrected chi connectivity index (χ3v) is 5.41. The van der Waals surface area contributed by atoms with Crippen molar-refractivity contribution in [3.05, 3.63) is 84.2 Å². The van der Waals surface area contributed by atoms with Gasteiger partial charge in [0.2, 0.25) is 10.0 Å². The molecule has 2 aromatic carbocycles. The first-order valence-electron chi connectivity index (χ1n) is 8.42. The van der Waals surface area contributed by atoms with Crippen molar-refractivity contribution in [2.75, 3.05) is 12.4 Å². The number of para-hydroxylation sites is 2. The summed E-state index contributed by atoms with van der Waals surface area (Å²) in [6.07, 6.45) is 3.19. The van der Waals surface area contributed by atoms with Crippen LogP contribution in [0.2, 0.25) is 0 Å². The summed E-state index contributed by atoms with van der Waals surface area (Å²) in [6.45, 7) is 0.154. The summed E-state index contributed by atoms with van der Waals surface area (Å²) >= 11 is 0. The standard InChI is InChI=1S/C20H19N3O4S/c1-27-19-5-3-2-4-18(19)23-20(24)16-6-8-17(9-7-16)28(25,26)22-14-15-10-12-21-13-11-15/h2-13,22H,14H2,1H3,(H,23,24). The van der Waals surface area contributed by atoms with Gasteiger partial charge in [0.05, 0.1) is 17.7 Å². The fourth-order valence-corrected chi connectivity index (χ4v) is 3.51. The van der Waals surface area contributed by atoms with Crippen molar-refractivity contribution in [3.8, 4) is 5.75 Å². The first kappa shape index (κ1) is 19.5. The van der Waals surface area contributed by atoms with Crippen LogP contribution in [0.1, 0.15) is 15.9 Å². The lowest BCUT2D eigenvalue weighted by atomic mass is 10.2. The fraction of sp³-hybridized carbons (Fsp3) is 0.100. The van der Waals surface area contributed by atoms with Gasteiger partial charge in [-0.15, -0.1) is 0 Å². The summed E-state index contributed by atoms with van der Waals surface area (Å²) in [6, 6.07) is 16.2. The maximum Gasteiger partial charge on any atom is 0.255 e. The van der Waals surface area contributed by atoms with Crippen molar-refractivity contribution in [1.29, 1.82) is 0 Å². The third kappa shape index (κ3) is 4.73. The van der Waals surface area contributed by atoms with Gasteiger partial charge in [-0.05, 0) is 54.1 Å². The van der Waals surface area contributed by atoms with Gasteiger partial charge in [0.15, 0.2) is 0 Å². The molecule has 1 heterocycles. The van der Waals surface area contributed by atoms with E-state index in [1.165, 1.54) is 31.4 Å². The Morgan fingerprint density at radius 1 is 1.00 bits per heavy atom. The Labute approximate surface area is 163 Å². The average molecular weight is 397 g/mol. The van der Waals surface area contributed by atoms with Gasteiger partial charge in [-0.2, -0.15) is 0 Å². The number of carbonyl (C=O) groups is 1. The van der Waals surface area contributed by atoms with Gasteiger partial charge in [0, 0.05) is 24.5 Å². The smallest absolute Gasteiger partial charge is 0.255 e. The van der Waals surface area contributed by atoms with Crippen LogP contribution in [0.15, 0.2) is 78.0 Å². The Hall–Kier alpha value is -3.23. The van der Waals surface area contributed by atoms with Gasteiger partial charge in [0.1, 0.15) is 5.75 Å². The number of nitrogens with one attached hydrogen (secondary N) is 2. The molecule has 0 unspecified atom stereocenters. The predicted molar refractivity (Wildman–Crippen MR) is 106 cm³/mol. The number of pyridine rings is 1. The van der Waals surface area contributed by atoms with E-state index >= 15 is 0 Å². The number of methoxy groups -OCH3 is 1. The number of anilines is 1. The normalized spacial score (nSPS) is 11.0. The van der Waals surface area contributed by atoms with E-state index in [0.29, 0.717) is 17.0 Å². The van der Waals surface area contributed by atoms with Gasteiger partial charge in [-0.1, -0.05) is 12.1 Å². The molecule has 0 aliphatic heterocycles. The van der Waals surface area contributed by atoms with E-state index in [-0.39, 0.29) is 17.3 Å². The van der Waals surface area contributed by atoms with Gasteiger partial charge >= 0.3 is 0 Å². The molecule has 0 saturated carbocycles. The van der Waals surface area contributed by atoms with E-state index < -0.39 is 10.0 Å². The molecule has 7 nitrogen and oxygen atoms in total. The lowest BCUT2D eigenvalue weighted by Gasteiger charge is -2.10. The van der Waals surface area contributed by atoms with Crippen LogP contribution in [0.5, 0.6) is 5.75 Å². The molecular weight excluding hydrogens is 378 g/mol. The topological polar surface area (TPSA) is 97.4 Å². The number of sulfonamides is 1. The summed E-state index contributed by atoms with van der Waals surface area (Å²) < 4.78 is 32.6. The van der Waals surface area contributed by atoms with Crippen molar-refractivity contribution < 1.29 is 17.9 Å². The van der Waals surface area contributed by atoms with Crippen LogP contribution < -0.4 is 14.8 Å². The van der Waals surface area contributed by atoms with Crippen LogP contribution in [-0.2, 0) is 16.6 Å². The van der Waals surface area contributed by atoms with E-state index in [4.69, 9.17) is 4.74 Å². The monoisotopic (exact) mass is 397 g/mol. The summed E-state index contributed by atoms with van der Waals surface area (Å²) in [5.41, 5.74) is 1.66. The molecule has 0 radical (unpaired) electrons. The molecule has 0 atom stereocenters. The van der Waals surface area contributed by atoms with Crippen LogP contribution in [0.4, 0.5) is 5.69 Å². The third-order valence-electron chi connectivity index (χ3n) is 4.00. The maximum absolute atomic E-state index is 12.4. The number of aromatic nitrogens is 1. The molecule has 3 aromatic rings. The van der Waals surface area contributed by atoms with Crippen LogP contribution in [-0.4, -0.2) is 26.4 Å². The highest BCUT2D eigenvalue weighted by Gasteiger charge is 2.15. The van der Waals surface area contributed by atoms with Crippen LogP contribution in [0.25, 0.3) is 0 Å². The second-order valence-corrected chi connectivity index (χ2v) is 7.63. The minimum absolute atomic E-state index is 0.0791. The van der Waals surface area contributed by atoms with Gasteiger partial charge < -0.3 is 10.1 Å². The van der Waals surface area contributed by atoms with Crippen molar-refractivity contribution in [3.63, 3.8) is 0 Å².